The van der Waals surface area contributed by atoms with Crippen LogP contribution in [0.1, 0.15) is 29.2 Å². The Morgan fingerprint density at radius 3 is 2.46 bits per heavy atom. The Bertz CT molecular complexity index is 1560. The molecule has 11 heteroatoms. The van der Waals surface area contributed by atoms with Crippen LogP contribution < -0.4 is 9.47 Å². The Labute approximate surface area is 245 Å². The molecule has 9 nitrogen and oxygen atoms in total. The Balaban J connectivity index is 1.17. The number of rotatable bonds is 10. The van der Waals surface area contributed by atoms with Gasteiger partial charge in [-0.1, -0.05) is 42.5 Å². The summed E-state index contributed by atoms with van der Waals surface area (Å²) in [5.74, 6) is 0.489. The van der Waals surface area contributed by atoms with Crippen LogP contribution in [-0.4, -0.2) is 64.1 Å². The lowest BCUT2D eigenvalue weighted by molar-refractivity contribution is -0.137. The molecule has 0 spiro atoms. The van der Waals surface area contributed by atoms with E-state index in [4.69, 9.17) is 19.3 Å². The van der Waals surface area contributed by atoms with E-state index in [2.05, 4.69) is 33.9 Å². The molecule has 4 aromatic rings. The minimum Gasteiger partial charge on any atom is -0.484 e. The molecular weight excluding hydrogens is 562 g/mol. The number of thiazole rings is 1. The molecule has 0 saturated carbocycles. The average Bonchev–Trinajstić information content (AvgIpc) is 3.63. The summed E-state index contributed by atoms with van der Waals surface area (Å²) in [6.07, 6.45) is -0.972. The molecule has 0 radical (unpaired) electrons. The standard InChI is InChI=1S/C30H29N3O6S2/c1-18(33(2)3)26(20-7-5-4-6-8-20)38-21-11-9-19(10-12-21)16-37-30(36)39-22-13-14-23-25(15-22)41-28(31-23)27-32-24(17-40-27)29(34)35/h4-15,18,24,26H,16-17H2,1-3H3,(H,34,35)/t18?,24-,26?/m1/s1. The highest BCUT2D eigenvalue weighted by atomic mass is 32.2. The minimum absolute atomic E-state index is 0.0457. The normalized spacial score (nSPS) is 16.3. The second-order valence-corrected chi connectivity index (χ2v) is 11.7. The summed E-state index contributed by atoms with van der Waals surface area (Å²) in [5, 5.41) is 10.4. The molecule has 2 heterocycles. The number of aromatic nitrogens is 1. The smallest absolute Gasteiger partial charge is 0.484 e. The van der Waals surface area contributed by atoms with E-state index in [-0.39, 0.29) is 18.8 Å². The number of hydrogen-bond acceptors (Lipinski definition) is 10. The number of hydrogen-bond donors (Lipinski definition) is 1. The molecule has 41 heavy (non-hydrogen) atoms. The zero-order chi connectivity index (χ0) is 28.9. The molecule has 5 rings (SSSR count). The summed E-state index contributed by atoms with van der Waals surface area (Å²) in [4.78, 5) is 34.5. The number of carbonyl (C=O) groups is 2. The van der Waals surface area contributed by atoms with E-state index in [9.17, 15) is 9.59 Å². The molecule has 1 aliphatic heterocycles. The topological polar surface area (TPSA) is 111 Å². The first-order valence-electron chi connectivity index (χ1n) is 12.9. The zero-order valence-corrected chi connectivity index (χ0v) is 24.4. The highest BCUT2D eigenvalue weighted by Crippen LogP contribution is 2.32. The van der Waals surface area contributed by atoms with Gasteiger partial charge in [0, 0.05) is 17.9 Å². The van der Waals surface area contributed by atoms with Gasteiger partial charge in [-0.2, -0.15) is 0 Å². The summed E-state index contributed by atoms with van der Waals surface area (Å²) >= 11 is 2.74. The molecule has 0 amide bonds. The molecule has 3 aromatic carbocycles. The quantitative estimate of drug-likeness (QED) is 0.175. The second kappa shape index (κ2) is 12.7. The van der Waals surface area contributed by atoms with Crippen molar-refractivity contribution in [1.82, 2.24) is 9.88 Å². The van der Waals surface area contributed by atoms with Crippen LogP contribution in [0.4, 0.5) is 4.79 Å². The maximum atomic E-state index is 12.4. The van der Waals surface area contributed by atoms with Crippen molar-refractivity contribution >= 4 is 50.5 Å². The van der Waals surface area contributed by atoms with Crippen LogP contribution in [0.25, 0.3) is 10.2 Å². The lowest BCUT2D eigenvalue weighted by Gasteiger charge is -2.30. The Hall–Kier alpha value is -3.93. The van der Waals surface area contributed by atoms with Crippen LogP contribution in [0.2, 0.25) is 0 Å². The molecule has 2 unspecified atom stereocenters. The lowest BCUT2D eigenvalue weighted by atomic mass is 10.0. The predicted molar refractivity (Wildman–Crippen MR) is 160 cm³/mol. The Morgan fingerprint density at radius 2 is 1.78 bits per heavy atom. The average molecular weight is 592 g/mol. The Kier molecular flexibility index (Phi) is 8.87. The summed E-state index contributed by atoms with van der Waals surface area (Å²) in [6, 6.07) is 22.0. The first-order valence-corrected chi connectivity index (χ1v) is 14.7. The van der Waals surface area contributed by atoms with Crippen LogP contribution in [0.3, 0.4) is 0 Å². The minimum atomic E-state index is -0.946. The number of benzene rings is 3. The fraction of sp³-hybridized carbons (Fsp3) is 0.267. The molecule has 0 aliphatic carbocycles. The van der Waals surface area contributed by atoms with Crippen molar-refractivity contribution in [3.8, 4) is 11.5 Å². The van der Waals surface area contributed by atoms with Gasteiger partial charge in [0.2, 0.25) is 0 Å². The lowest BCUT2D eigenvalue weighted by Crippen LogP contribution is -2.34. The zero-order valence-electron chi connectivity index (χ0n) is 22.7. The molecular formula is C30H29N3O6S2. The maximum absolute atomic E-state index is 12.4. The van der Waals surface area contributed by atoms with Gasteiger partial charge in [-0.3, -0.25) is 4.99 Å². The molecule has 0 fully saturated rings. The van der Waals surface area contributed by atoms with Gasteiger partial charge in [0.15, 0.2) is 6.04 Å². The third-order valence-electron chi connectivity index (χ3n) is 6.60. The number of likely N-dealkylation sites (N-methyl/N-ethyl adjacent to an activating group) is 1. The SMILES string of the molecule is CC(C(Oc1ccc(COC(=O)Oc2ccc3nc(C4=N[C@@H](C(=O)O)CS4)sc3c2)cc1)c1ccccc1)N(C)C. The van der Waals surface area contributed by atoms with Gasteiger partial charge < -0.3 is 24.2 Å². The maximum Gasteiger partial charge on any atom is 0.514 e. The van der Waals surface area contributed by atoms with E-state index in [1.165, 1.54) is 23.1 Å². The molecule has 3 atom stereocenters. The Morgan fingerprint density at radius 1 is 1.05 bits per heavy atom. The first-order chi connectivity index (χ1) is 19.8. The fourth-order valence-electron chi connectivity index (χ4n) is 4.11. The van der Waals surface area contributed by atoms with Crippen molar-refractivity contribution < 1.29 is 28.9 Å². The summed E-state index contributed by atoms with van der Waals surface area (Å²) in [5.41, 5.74) is 2.60. The van der Waals surface area contributed by atoms with Gasteiger partial charge in [0.25, 0.3) is 0 Å². The van der Waals surface area contributed by atoms with Crippen LogP contribution in [0.5, 0.6) is 11.5 Å². The number of aliphatic carboxylic acids is 1. The number of ether oxygens (including phenoxy) is 3. The number of thioether (sulfide) groups is 1. The van der Waals surface area contributed by atoms with Gasteiger partial charge in [0.1, 0.15) is 34.3 Å². The number of carboxylic acid groups (broad SMARTS) is 1. The van der Waals surface area contributed by atoms with Gasteiger partial charge in [-0.05, 0) is 56.4 Å². The number of aliphatic imine (C=N–C) groups is 1. The number of fused-ring (bicyclic) bond motifs is 1. The molecule has 1 aromatic heterocycles. The predicted octanol–water partition coefficient (Wildman–Crippen LogP) is 6.03. The largest absolute Gasteiger partial charge is 0.514 e. The molecule has 1 N–H and O–H groups in total. The van der Waals surface area contributed by atoms with Crippen molar-refractivity contribution in [2.24, 2.45) is 4.99 Å². The third kappa shape index (κ3) is 7.05. The van der Waals surface area contributed by atoms with E-state index in [0.717, 1.165) is 21.6 Å². The van der Waals surface area contributed by atoms with Crippen molar-refractivity contribution in [2.45, 2.75) is 31.7 Å². The number of carbonyl (C=O) groups excluding carboxylic acids is 1. The molecule has 1 aliphatic rings. The second-order valence-electron chi connectivity index (χ2n) is 9.69. The van der Waals surface area contributed by atoms with E-state index in [1.807, 2.05) is 56.6 Å². The third-order valence-corrected chi connectivity index (χ3v) is 8.81. The van der Waals surface area contributed by atoms with Crippen LogP contribution >= 0.6 is 23.1 Å². The van der Waals surface area contributed by atoms with Crippen molar-refractivity contribution in [1.29, 1.82) is 0 Å². The van der Waals surface area contributed by atoms with Crippen LogP contribution in [0, 0.1) is 0 Å². The van der Waals surface area contributed by atoms with E-state index in [1.54, 1.807) is 18.2 Å². The van der Waals surface area contributed by atoms with Crippen molar-refractivity contribution in [2.75, 3.05) is 19.8 Å². The highest BCUT2D eigenvalue weighted by molar-refractivity contribution is 8.15. The summed E-state index contributed by atoms with van der Waals surface area (Å²) < 4.78 is 17.8. The fourth-order valence-corrected chi connectivity index (χ4v) is 6.21. The first kappa shape index (κ1) is 28.6. The molecule has 0 bridgehead atoms. The van der Waals surface area contributed by atoms with Crippen molar-refractivity contribution in [3.63, 3.8) is 0 Å². The van der Waals surface area contributed by atoms with Gasteiger partial charge in [-0.25, -0.2) is 14.6 Å². The van der Waals surface area contributed by atoms with Crippen LogP contribution in [-0.2, 0) is 16.1 Å². The summed E-state index contributed by atoms with van der Waals surface area (Å²) in [7, 11) is 4.05. The van der Waals surface area contributed by atoms with Gasteiger partial charge in [0.05, 0.1) is 10.2 Å². The van der Waals surface area contributed by atoms with Crippen LogP contribution in [0.15, 0.2) is 77.8 Å². The van der Waals surface area contributed by atoms with Gasteiger partial charge >= 0.3 is 12.1 Å². The highest BCUT2D eigenvalue weighted by Gasteiger charge is 2.27. The number of carboxylic acids is 1. The van der Waals surface area contributed by atoms with E-state index >= 15 is 0 Å². The monoisotopic (exact) mass is 591 g/mol. The van der Waals surface area contributed by atoms with E-state index < -0.39 is 18.2 Å². The number of nitrogens with zero attached hydrogens (tertiary/aromatic N) is 3. The van der Waals surface area contributed by atoms with Gasteiger partial charge in [-0.15, -0.1) is 23.1 Å². The molecule has 0 saturated heterocycles. The molecule has 212 valence electrons. The van der Waals surface area contributed by atoms with E-state index in [0.29, 0.717) is 27.1 Å². The van der Waals surface area contributed by atoms with Crippen molar-refractivity contribution in [3.05, 3.63) is 88.9 Å². The summed E-state index contributed by atoms with van der Waals surface area (Å²) in [6.45, 7) is 2.17.